The number of benzene rings is 1. The first-order valence-electron chi connectivity index (χ1n) is 5.57. The molecule has 0 bridgehead atoms. The van der Waals surface area contributed by atoms with Crippen molar-refractivity contribution in [1.82, 2.24) is 5.32 Å². The molecule has 0 saturated carbocycles. The summed E-state index contributed by atoms with van der Waals surface area (Å²) in [7, 11) is 1.74. The first kappa shape index (κ1) is 12.2. The van der Waals surface area contributed by atoms with Gasteiger partial charge in [0.2, 0.25) is 0 Å². The topological polar surface area (TPSA) is 21.3 Å². The van der Waals surface area contributed by atoms with E-state index >= 15 is 0 Å². The van der Waals surface area contributed by atoms with E-state index in [2.05, 4.69) is 43.4 Å². The number of nitrogens with one attached hydrogen (secondary N) is 1. The average Bonchev–Trinajstić information content (AvgIpc) is 2.29. The second-order valence-electron chi connectivity index (χ2n) is 3.89. The number of ether oxygens (including phenoxy) is 1. The lowest BCUT2D eigenvalue weighted by Crippen LogP contribution is -2.32. The lowest BCUT2D eigenvalue weighted by Gasteiger charge is -2.22. The molecule has 1 aromatic carbocycles. The van der Waals surface area contributed by atoms with Crippen LogP contribution in [0.3, 0.4) is 0 Å². The summed E-state index contributed by atoms with van der Waals surface area (Å²) in [5.74, 6) is 0. The summed E-state index contributed by atoms with van der Waals surface area (Å²) in [4.78, 5) is 0. The fourth-order valence-corrected chi connectivity index (χ4v) is 1.55. The van der Waals surface area contributed by atoms with Gasteiger partial charge in [0.1, 0.15) is 0 Å². The smallest absolute Gasteiger partial charge is 0.0657 e. The van der Waals surface area contributed by atoms with Crippen LogP contribution in [-0.4, -0.2) is 19.8 Å². The molecule has 15 heavy (non-hydrogen) atoms. The standard InChI is InChI=1S/C13H21NO/c1-4-11(2)14-13(10-15-3)12-8-6-5-7-9-12/h5-9,11,13-14H,4,10H2,1-3H3. The minimum absolute atomic E-state index is 0.297. The van der Waals surface area contributed by atoms with Gasteiger partial charge in [-0.15, -0.1) is 0 Å². The summed E-state index contributed by atoms with van der Waals surface area (Å²) in [6.45, 7) is 5.10. The van der Waals surface area contributed by atoms with Crippen molar-refractivity contribution in [2.75, 3.05) is 13.7 Å². The van der Waals surface area contributed by atoms with Gasteiger partial charge in [0.25, 0.3) is 0 Å². The van der Waals surface area contributed by atoms with Crippen molar-refractivity contribution < 1.29 is 4.74 Å². The fraction of sp³-hybridized carbons (Fsp3) is 0.538. The molecule has 2 atom stereocenters. The molecule has 0 aliphatic heterocycles. The van der Waals surface area contributed by atoms with E-state index in [-0.39, 0.29) is 0 Å². The van der Waals surface area contributed by atoms with Gasteiger partial charge in [0.05, 0.1) is 12.6 Å². The fourth-order valence-electron chi connectivity index (χ4n) is 1.55. The van der Waals surface area contributed by atoms with Crippen molar-refractivity contribution in [2.24, 2.45) is 0 Å². The summed E-state index contributed by atoms with van der Waals surface area (Å²) in [6, 6.07) is 11.3. The zero-order valence-corrected chi connectivity index (χ0v) is 9.86. The number of hydrogen-bond acceptors (Lipinski definition) is 2. The quantitative estimate of drug-likeness (QED) is 0.774. The average molecular weight is 207 g/mol. The lowest BCUT2D eigenvalue weighted by atomic mass is 10.1. The molecule has 0 aliphatic carbocycles. The van der Waals surface area contributed by atoms with Gasteiger partial charge in [-0.2, -0.15) is 0 Å². The zero-order chi connectivity index (χ0) is 11.1. The number of hydrogen-bond donors (Lipinski definition) is 1. The van der Waals surface area contributed by atoms with Gasteiger partial charge in [-0.25, -0.2) is 0 Å². The third kappa shape index (κ3) is 4.02. The molecule has 0 saturated heterocycles. The second-order valence-corrected chi connectivity index (χ2v) is 3.89. The normalized spacial score (nSPS) is 14.9. The van der Waals surface area contributed by atoms with E-state index in [1.165, 1.54) is 5.56 Å². The zero-order valence-electron chi connectivity index (χ0n) is 9.86. The third-order valence-electron chi connectivity index (χ3n) is 2.63. The second kappa shape index (κ2) is 6.59. The van der Waals surface area contributed by atoms with E-state index in [1.807, 2.05) is 6.07 Å². The molecule has 0 aromatic heterocycles. The Labute approximate surface area is 92.6 Å². The summed E-state index contributed by atoms with van der Waals surface area (Å²) < 4.78 is 5.24. The van der Waals surface area contributed by atoms with E-state index in [1.54, 1.807) is 7.11 Å². The monoisotopic (exact) mass is 207 g/mol. The SMILES string of the molecule is CCC(C)NC(COC)c1ccccc1. The van der Waals surface area contributed by atoms with E-state index in [0.717, 1.165) is 6.42 Å². The number of rotatable bonds is 6. The van der Waals surface area contributed by atoms with Crippen molar-refractivity contribution in [1.29, 1.82) is 0 Å². The van der Waals surface area contributed by atoms with Crippen LogP contribution in [0.5, 0.6) is 0 Å². The molecule has 84 valence electrons. The Bertz CT molecular complexity index is 260. The minimum Gasteiger partial charge on any atom is -0.383 e. The summed E-state index contributed by atoms with van der Waals surface area (Å²) in [6.07, 6.45) is 1.13. The van der Waals surface area contributed by atoms with Crippen LogP contribution in [-0.2, 0) is 4.74 Å². The van der Waals surface area contributed by atoms with Crippen LogP contribution in [0.4, 0.5) is 0 Å². The molecule has 2 heteroatoms. The van der Waals surface area contributed by atoms with Crippen molar-refractivity contribution in [3.63, 3.8) is 0 Å². The first-order valence-corrected chi connectivity index (χ1v) is 5.57. The van der Waals surface area contributed by atoms with Gasteiger partial charge in [0.15, 0.2) is 0 Å². The van der Waals surface area contributed by atoms with Crippen LogP contribution in [0, 0.1) is 0 Å². The molecule has 2 unspecified atom stereocenters. The Morgan fingerprint density at radius 2 is 1.93 bits per heavy atom. The molecule has 0 heterocycles. The molecule has 1 aromatic rings. The molecule has 0 spiro atoms. The Kier molecular flexibility index (Phi) is 5.37. The Balaban J connectivity index is 2.65. The van der Waals surface area contributed by atoms with Gasteiger partial charge in [-0.3, -0.25) is 0 Å². The predicted octanol–water partition coefficient (Wildman–Crippen LogP) is 2.76. The van der Waals surface area contributed by atoms with Crippen molar-refractivity contribution in [3.8, 4) is 0 Å². The van der Waals surface area contributed by atoms with E-state index in [4.69, 9.17) is 4.74 Å². The summed E-state index contributed by atoms with van der Waals surface area (Å²) in [5.41, 5.74) is 1.29. The first-order chi connectivity index (χ1) is 7.27. The highest BCUT2D eigenvalue weighted by molar-refractivity contribution is 5.19. The van der Waals surface area contributed by atoms with Crippen molar-refractivity contribution in [3.05, 3.63) is 35.9 Å². The molecule has 0 amide bonds. The maximum Gasteiger partial charge on any atom is 0.0657 e. The minimum atomic E-state index is 0.297. The van der Waals surface area contributed by atoms with Crippen molar-refractivity contribution >= 4 is 0 Å². The molecule has 0 fully saturated rings. The molecular formula is C13H21NO. The van der Waals surface area contributed by atoms with E-state index in [0.29, 0.717) is 18.7 Å². The van der Waals surface area contributed by atoms with Crippen molar-refractivity contribution in [2.45, 2.75) is 32.4 Å². The van der Waals surface area contributed by atoms with Crippen LogP contribution in [0.2, 0.25) is 0 Å². The highest BCUT2D eigenvalue weighted by atomic mass is 16.5. The van der Waals surface area contributed by atoms with Crippen LogP contribution in [0.1, 0.15) is 31.9 Å². The summed E-state index contributed by atoms with van der Waals surface area (Å²) in [5, 5.41) is 3.56. The highest BCUT2D eigenvalue weighted by Gasteiger charge is 2.12. The number of methoxy groups -OCH3 is 1. The molecule has 1 N–H and O–H groups in total. The van der Waals surface area contributed by atoms with Gasteiger partial charge in [-0.05, 0) is 18.9 Å². The highest BCUT2D eigenvalue weighted by Crippen LogP contribution is 2.13. The van der Waals surface area contributed by atoms with Crippen LogP contribution in [0.25, 0.3) is 0 Å². The van der Waals surface area contributed by atoms with Gasteiger partial charge >= 0.3 is 0 Å². The van der Waals surface area contributed by atoms with E-state index in [9.17, 15) is 0 Å². The largest absolute Gasteiger partial charge is 0.383 e. The maximum absolute atomic E-state index is 5.24. The molecule has 0 aliphatic rings. The lowest BCUT2D eigenvalue weighted by molar-refractivity contribution is 0.161. The maximum atomic E-state index is 5.24. The molecule has 2 nitrogen and oxygen atoms in total. The third-order valence-corrected chi connectivity index (χ3v) is 2.63. The predicted molar refractivity (Wildman–Crippen MR) is 63.9 cm³/mol. The molecule has 0 radical (unpaired) electrons. The van der Waals surface area contributed by atoms with Crippen LogP contribution >= 0.6 is 0 Å². The van der Waals surface area contributed by atoms with Gasteiger partial charge < -0.3 is 10.1 Å². The Hall–Kier alpha value is -0.860. The van der Waals surface area contributed by atoms with E-state index < -0.39 is 0 Å². The van der Waals surface area contributed by atoms with Crippen LogP contribution < -0.4 is 5.32 Å². The van der Waals surface area contributed by atoms with Gasteiger partial charge in [-0.1, -0.05) is 37.3 Å². The Morgan fingerprint density at radius 3 is 2.47 bits per heavy atom. The van der Waals surface area contributed by atoms with Crippen LogP contribution in [0.15, 0.2) is 30.3 Å². The summed E-state index contributed by atoms with van der Waals surface area (Å²) >= 11 is 0. The van der Waals surface area contributed by atoms with Gasteiger partial charge in [0, 0.05) is 13.2 Å². The molecular weight excluding hydrogens is 186 g/mol. The Morgan fingerprint density at radius 1 is 1.27 bits per heavy atom. The molecule has 1 rings (SSSR count).